The zero-order valence-corrected chi connectivity index (χ0v) is 12.2. The predicted octanol–water partition coefficient (Wildman–Crippen LogP) is 2.44. The third kappa shape index (κ3) is 4.04. The molecular weight excluding hydrogens is 274 g/mol. The van der Waals surface area contributed by atoms with E-state index in [1.165, 1.54) is 11.3 Å². The molecule has 1 atom stereocenters. The van der Waals surface area contributed by atoms with Gasteiger partial charge in [-0.15, -0.1) is 11.3 Å². The number of anilines is 1. The number of rotatable bonds is 6. The van der Waals surface area contributed by atoms with E-state index in [0.29, 0.717) is 10.9 Å². The fourth-order valence-electron chi connectivity index (χ4n) is 1.51. The number of benzene rings is 1. The lowest BCUT2D eigenvalue weighted by molar-refractivity contribution is -0.118. The van der Waals surface area contributed by atoms with E-state index >= 15 is 0 Å². The minimum Gasteiger partial charge on any atom is -0.484 e. The minimum absolute atomic E-state index is 0.0273. The van der Waals surface area contributed by atoms with Crippen molar-refractivity contribution in [1.29, 1.82) is 0 Å². The maximum absolute atomic E-state index is 11.7. The Hall–Kier alpha value is -1.92. The third-order valence-electron chi connectivity index (χ3n) is 2.76. The number of thiazole rings is 1. The van der Waals surface area contributed by atoms with Gasteiger partial charge in [-0.05, 0) is 26.1 Å². The summed E-state index contributed by atoms with van der Waals surface area (Å²) in [6.07, 6.45) is 0. The molecule has 6 heteroatoms. The zero-order valence-electron chi connectivity index (χ0n) is 11.4. The van der Waals surface area contributed by atoms with Crippen LogP contribution in [-0.2, 0) is 4.79 Å². The van der Waals surface area contributed by atoms with Crippen LogP contribution in [0.15, 0.2) is 35.7 Å². The summed E-state index contributed by atoms with van der Waals surface area (Å²) in [5, 5.41) is 8.34. The lowest BCUT2D eigenvalue weighted by Gasteiger charge is -2.06. The first-order valence-electron chi connectivity index (χ1n) is 6.29. The van der Waals surface area contributed by atoms with Crippen molar-refractivity contribution in [2.24, 2.45) is 0 Å². The molecule has 106 valence electrons. The van der Waals surface area contributed by atoms with Gasteiger partial charge in [0.25, 0.3) is 5.91 Å². The van der Waals surface area contributed by atoms with Gasteiger partial charge < -0.3 is 10.1 Å². The summed E-state index contributed by atoms with van der Waals surface area (Å²) >= 11 is 1.40. The molecule has 0 aliphatic carbocycles. The van der Waals surface area contributed by atoms with E-state index in [9.17, 15) is 4.79 Å². The number of amides is 1. The molecule has 5 nitrogen and oxygen atoms in total. The van der Waals surface area contributed by atoms with Crippen LogP contribution in [0, 0.1) is 0 Å². The molecule has 0 aliphatic rings. The van der Waals surface area contributed by atoms with Gasteiger partial charge in [0.05, 0.1) is 5.69 Å². The predicted molar refractivity (Wildman–Crippen MR) is 80.2 cm³/mol. The second-order valence-corrected chi connectivity index (χ2v) is 5.10. The number of ether oxygens (including phenoxy) is 1. The fourth-order valence-corrected chi connectivity index (χ4v) is 2.33. The first-order valence-corrected chi connectivity index (χ1v) is 7.17. The van der Waals surface area contributed by atoms with Crippen molar-refractivity contribution in [3.05, 3.63) is 41.4 Å². The second-order valence-electron chi connectivity index (χ2n) is 4.24. The van der Waals surface area contributed by atoms with Gasteiger partial charge in [0.2, 0.25) is 0 Å². The van der Waals surface area contributed by atoms with Crippen molar-refractivity contribution in [2.75, 3.05) is 19.0 Å². The van der Waals surface area contributed by atoms with E-state index in [0.717, 1.165) is 5.69 Å². The maximum Gasteiger partial charge on any atom is 0.264 e. The summed E-state index contributed by atoms with van der Waals surface area (Å²) in [5.41, 5.74) is 0.914. The third-order valence-corrected chi connectivity index (χ3v) is 3.53. The number of nitrogens with one attached hydrogen (secondary N) is 2. The van der Waals surface area contributed by atoms with E-state index < -0.39 is 0 Å². The van der Waals surface area contributed by atoms with Crippen LogP contribution in [0.2, 0.25) is 0 Å². The molecule has 0 bridgehead atoms. The second kappa shape index (κ2) is 7.02. The molecule has 0 saturated carbocycles. The zero-order chi connectivity index (χ0) is 14.4. The summed E-state index contributed by atoms with van der Waals surface area (Å²) < 4.78 is 5.37. The maximum atomic E-state index is 11.7. The SMILES string of the molecule is CNC(C)c1csc(NC(=O)COc2ccccc2)n1. The Morgan fingerprint density at radius 3 is 2.85 bits per heavy atom. The number of hydrogen-bond donors (Lipinski definition) is 2. The normalized spacial score (nSPS) is 11.9. The van der Waals surface area contributed by atoms with Crippen LogP contribution in [0.4, 0.5) is 5.13 Å². The fraction of sp³-hybridized carbons (Fsp3) is 0.286. The number of carbonyl (C=O) groups is 1. The van der Waals surface area contributed by atoms with Gasteiger partial charge in [-0.3, -0.25) is 10.1 Å². The molecule has 1 aromatic carbocycles. The van der Waals surface area contributed by atoms with Crippen molar-refractivity contribution < 1.29 is 9.53 Å². The van der Waals surface area contributed by atoms with Crippen LogP contribution in [0.1, 0.15) is 18.7 Å². The van der Waals surface area contributed by atoms with Gasteiger partial charge in [-0.1, -0.05) is 18.2 Å². The molecule has 1 unspecified atom stereocenters. The summed E-state index contributed by atoms with van der Waals surface area (Å²) in [5.74, 6) is 0.457. The molecule has 0 spiro atoms. The van der Waals surface area contributed by atoms with Gasteiger partial charge in [-0.2, -0.15) is 0 Å². The quantitative estimate of drug-likeness (QED) is 0.858. The molecule has 0 radical (unpaired) electrons. The Balaban J connectivity index is 1.84. The molecule has 2 rings (SSSR count). The summed E-state index contributed by atoms with van der Waals surface area (Å²) in [4.78, 5) is 16.1. The van der Waals surface area contributed by atoms with Gasteiger partial charge in [0, 0.05) is 11.4 Å². The highest BCUT2D eigenvalue weighted by Crippen LogP contribution is 2.20. The number of carbonyl (C=O) groups excluding carboxylic acids is 1. The van der Waals surface area contributed by atoms with E-state index in [-0.39, 0.29) is 18.6 Å². The molecule has 1 aromatic heterocycles. The lowest BCUT2D eigenvalue weighted by atomic mass is 10.3. The largest absolute Gasteiger partial charge is 0.484 e. The highest BCUT2D eigenvalue weighted by atomic mass is 32.1. The van der Waals surface area contributed by atoms with Crippen LogP contribution in [0.3, 0.4) is 0 Å². The number of aromatic nitrogens is 1. The molecule has 2 N–H and O–H groups in total. The van der Waals surface area contributed by atoms with Crippen molar-refractivity contribution in [2.45, 2.75) is 13.0 Å². The first-order chi connectivity index (χ1) is 9.69. The van der Waals surface area contributed by atoms with Gasteiger partial charge in [-0.25, -0.2) is 4.98 Å². The van der Waals surface area contributed by atoms with Gasteiger partial charge >= 0.3 is 0 Å². The Morgan fingerprint density at radius 1 is 1.40 bits per heavy atom. The summed E-state index contributed by atoms with van der Waals surface area (Å²) in [6.45, 7) is 1.99. The van der Waals surface area contributed by atoms with E-state index in [1.807, 2.05) is 49.7 Å². The Kier molecular flexibility index (Phi) is 5.09. The smallest absolute Gasteiger partial charge is 0.264 e. The van der Waals surface area contributed by atoms with E-state index in [4.69, 9.17) is 4.74 Å². The summed E-state index contributed by atoms with van der Waals surface area (Å²) in [6, 6.07) is 9.40. The molecule has 0 aliphatic heterocycles. The molecule has 2 aromatic rings. The average molecular weight is 291 g/mol. The standard InChI is InChI=1S/C14H17N3O2S/c1-10(15-2)12-9-20-14(16-12)17-13(18)8-19-11-6-4-3-5-7-11/h3-7,9-10,15H,8H2,1-2H3,(H,16,17,18). The highest BCUT2D eigenvalue weighted by molar-refractivity contribution is 7.13. The molecule has 1 heterocycles. The van der Waals surface area contributed by atoms with Crippen LogP contribution in [-0.4, -0.2) is 24.5 Å². The lowest BCUT2D eigenvalue weighted by Crippen LogP contribution is -2.20. The molecule has 1 amide bonds. The highest BCUT2D eigenvalue weighted by Gasteiger charge is 2.10. The molecular formula is C14H17N3O2S. The van der Waals surface area contributed by atoms with Crippen molar-refractivity contribution in [3.8, 4) is 5.75 Å². The number of hydrogen-bond acceptors (Lipinski definition) is 5. The van der Waals surface area contributed by atoms with Gasteiger partial charge in [0.1, 0.15) is 5.75 Å². The molecule has 20 heavy (non-hydrogen) atoms. The van der Waals surface area contributed by atoms with Crippen molar-refractivity contribution in [1.82, 2.24) is 10.3 Å². The molecule has 0 saturated heterocycles. The van der Waals surface area contributed by atoms with Crippen LogP contribution in [0.5, 0.6) is 5.75 Å². The summed E-state index contributed by atoms with van der Waals surface area (Å²) in [7, 11) is 1.87. The van der Waals surface area contributed by atoms with Gasteiger partial charge in [0.15, 0.2) is 11.7 Å². The number of para-hydroxylation sites is 1. The van der Waals surface area contributed by atoms with Crippen molar-refractivity contribution >= 4 is 22.4 Å². The Labute approximate surface area is 122 Å². The van der Waals surface area contributed by atoms with Crippen LogP contribution in [0.25, 0.3) is 0 Å². The Bertz CT molecular complexity index is 557. The number of nitrogens with zero attached hydrogens (tertiary/aromatic N) is 1. The average Bonchev–Trinajstić information content (AvgIpc) is 2.94. The van der Waals surface area contributed by atoms with E-state index in [1.54, 1.807) is 0 Å². The topological polar surface area (TPSA) is 63.2 Å². The Morgan fingerprint density at radius 2 is 2.15 bits per heavy atom. The van der Waals surface area contributed by atoms with Crippen LogP contribution < -0.4 is 15.4 Å². The minimum atomic E-state index is -0.216. The van der Waals surface area contributed by atoms with E-state index in [2.05, 4.69) is 15.6 Å². The van der Waals surface area contributed by atoms with Crippen LogP contribution >= 0.6 is 11.3 Å². The van der Waals surface area contributed by atoms with Crippen molar-refractivity contribution in [3.63, 3.8) is 0 Å². The molecule has 0 fully saturated rings. The monoisotopic (exact) mass is 291 g/mol. The first kappa shape index (κ1) is 14.5.